The number of aryl methyl sites for hydroxylation is 1. The van der Waals surface area contributed by atoms with Crippen molar-refractivity contribution in [2.75, 3.05) is 49.6 Å². The van der Waals surface area contributed by atoms with E-state index in [4.69, 9.17) is 21.1 Å². The minimum atomic E-state index is -10.0. The van der Waals surface area contributed by atoms with Crippen LogP contribution >= 0.6 is 21.8 Å². The number of nitrogens with one attached hydrogen (secondary N) is 1. The zero-order valence-electron chi connectivity index (χ0n) is 31.1. The lowest BCUT2D eigenvalue weighted by Crippen LogP contribution is -2.51. The lowest BCUT2D eigenvalue weighted by molar-refractivity contribution is -0.116. The van der Waals surface area contributed by atoms with Crippen LogP contribution in [0.4, 0.5) is 30.8 Å². The molecule has 2 aliphatic rings. The number of anilines is 2. The Morgan fingerprint density at radius 2 is 1.76 bits per heavy atom. The molecule has 1 fully saturated rings. The Kier molecular flexibility index (Phi) is 10.5. The Hall–Kier alpha value is -5.60. The van der Waals surface area contributed by atoms with E-state index in [-0.39, 0.29) is 91.7 Å². The average Bonchev–Trinajstić information content (AvgIpc) is 3.65. The molecule has 0 aliphatic carbocycles. The molecule has 21 heteroatoms. The van der Waals surface area contributed by atoms with Crippen molar-refractivity contribution in [2.24, 2.45) is 0 Å². The van der Waals surface area contributed by atoms with Crippen LogP contribution in [0, 0.1) is 6.92 Å². The number of ether oxygens (including phenoxy) is 2. The SMILES string of the molecule is CCc1c(N2CCN(C(=O)c3ncnc(C)c3OCc3ccccc3)CC2)c(=O)n2nc(C3=CCOCC3)nc2n1CC(=O)Nc1ccc(S(F)(F)(F)(F)F)cc1Cl. The van der Waals surface area contributed by atoms with Gasteiger partial charge in [0.1, 0.15) is 30.1 Å². The van der Waals surface area contributed by atoms with Gasteiger partial charge in [0.05, 0.1) is 35.3 Å². The number of carbonyl (C=O) groups excluding carboxylic acids is 2. The quantitative estimate of drug-likeness (QED) is 0.140. The van der Waals surface area contributed by atoms with E-state index >= 15 is 0 Å². The molecule has 0 saturated carbocycles. The Labute approximate surface area is 333 Å². The normalized spacial score (nSPS) is 16.1. The van der Waals surface area contributed by atoms with Gasteiger partial charge in [0.2, 0.25) is 11.7 Å². The van der Waals surface area contributed by atoms with Crippen LogP contribution in [0.5, 0.6) is 5.75 Å². The highest BCUT2D eigenvalue weighted by Crippen LogP contribution is 3.02. The summed E-state index contributed by atoms with van der Waals surface area (Å²) in [5.41, 5.74) is 1.94. The Morgan fingerprint density at radius 1 is 1.02 bits per heavy atom. The zero-order chi connectivity index (χ0) is 41.5. The van der Waals surface area contributed by atoms with Crippen LogP contribution in [-0.2, 0) is 29.1 Å². The van der Waals surface area contributed by atoms with Gasteiger partial charge in [0.15, 0.2) is 17.3 Å². The summed E-state index contributed by atoms with van der Waals surface area (Å²) in [6, 6.07) is 10.3. The van der Waals surface area contributed by atoms with Gasteiger partial charge in [0, 0.05) is 26.2 Å². The molecule has 2 aliphatic heterocycles. The van der Waals surface area contributed by atoms with E-state index in [2.05, 4.69) is 25.4 Å². The van der Waals surface area contributed by atoms with Crippen molar-refractivity contribution in [1.82, 2.24) is 34.0 Å². The summed E-state index contributed by atoms with van der Waals surface area (Å²) >= 11 is 5.96. The second-order valence-electron chi connectivity index (χ2n) is 13.6. The second-order valence-corrected chi connectivity index (χ2v) is 16.4. The maximum absolute atomic E-state index is 14.3. The fourth-order valence-corrected chi connectivity index (χ4v) is 7.72. The number of amides is 2. The number of rotatable bonds is 11. The molecule has 7 rings (SSSR count). The summed E-state index contributed by atoms with van der Waals surface area (Å²) < 4.78 is 81.1. The highest BCUT2D eigenvalue weighted by Gasteiger charge is 2.65. The first kappa shape index (κ1) is 40.6. The first-order valence-corrected chi connectivity index (χ1v) is 20.4. The molecule has 58 heavy (non-hydrogen) atoms. The molecule has 1 N–H and O–H groups in total. The van der Waals surface area contributed by atoms with Gasteiger partial charge in [-0.2, -0.15) is 9.50 Å². The molecule has 2 aromatic carbocycles. The summed E-state index contributed by atoms with van der Waals surface area (Å²) in [6.45, 7) is 4.65. The molecular weight excluding hydrogens is 813 g/mol. The van der Waals surface area contributed by atoms with Gasteiger partial charge >= 0.3 is 10.2 Å². The Morgan fingerprint density at radius 3 is 2.41 bits per heavy atom. The number of nitrogens with zero attached hydrogens (tertiary/aromatic N) is 8. The molecule has 1 saturated heterocycles. The van der Waals surface area contributed by atoms with E-state index in [9.17, 15) is 33.8 Å². The summed E-state index contributed by atoms with van der Waals surface area (Å²) in [5, 5.41) is 6.16. The van der Waals surface area contributed by atoms with Gasteiger partial charge in [-0.1, -0.05) is 74.4 Å². The molecule has 2 amide bonds. The largest absolute Gasteiger partial charge is 0.485 e. The van der Waals surface area contributed by atoms with Crippen molar-refractivity contribution >= 4 is 56.4 Å². The number of halogens is 6. The molecular formula is C37H37ClF5N9O5S. The number of hydrogen-bond acceptors (Lipinski definition) is 10. The van der Waals surface area contributed by atoms with Crippen molar-refractivity contribution in [3.8, 4) is 5.75 Å². The summed E-state index contributed by atoms with van der Waals surface area (Å²) in [4.78, 5) is 56.1. The standard InChI is InChI=1S/C37H37ClF5N9O5S/c1-3-29-32(49-13-15-50(16-14-49)35(54)31-33(23(2)44-22-45-31)57-21-24-7-5-4-6-8-24)36(55)52-37(47-34(48-52)25-11-17-56-18-12-25)51(29)20-30(53)46-28-10-9-26(19-27(28)38)58(39,40,41,42)43/h4-11,19,22H,3,12-18,20-21H2,1-2H3,(H,46,53). The Balaban J connectivity index is 1.18. The van der Waals surface area contributed by atoms with E-state index < -0.39 is 38.2 Å². The number of carbonyl (C=O) groups is 2. The summed E-state index contributed by atoms with van der Waals surface area (Å²) in [5.74, 6) is -0.668. The third kappa shape index (κ3) is 8.48. The molecule has 0 spiro atoms. The van der Waals surface area contributed by atoms with Gasteiger partial charge in [-0.15, -0.1) is 5.10 Å². The minimum Gasteiger partial charge on any atom is -0.485 e. The smallest absolute Gasteiger partial charge is 0.310 e. The van der Waals surface area contributed by atoms with Crippen LogP contribution in [0.2, 0.25) is 5.02 Å². The molecule has 5 aromatic rings. The van der Waals surface area contributed by atoms with Crippen LogP contribution in [0.25, 0.3) is 11.4 Å². The predicted molar refractivity (Wildman–Crippen MR) is 207 cm³/mol. The highest BCUT2D eigenvalue weighted by molar-refractivity contribution is 8.45. The van der Waals surface area contributed by atoms with Crippen molar-refractivity contribution in [3.05, 3.63) is 105 Å². The van der Waals surface area contributed by atoms with Crippen LogP contribution in [0.15, 0.2) is 70.6 Å². The van der Waals surface area contributed by atoms with E-state index in [0.717, 1.165) is 15.7 Å². The maximum atomic E-state index is 14.3. The maximum Gasteiger partial charge on any atom is 0.310 e. The van der Waals surface area contributed by atoms with Gasteiger partial charge < -0.3 is 29.2 Å². The average molecular weight is 850 g/mol. The minimum absolute atomic E-state index is 0.0153. The molecule has 5 heterocycles. The molecule has 0 bridgehead atoms. The van der Waals surface area contributed by atoms with Crippen molar-refractivity contribution in [3.63, 3.8) is 0 Å². The first-order valence-electron chi connectivity index (χ1n) is 18.1. The highest BCUT2D eigenvalue weighted by atomic mass is 35.5. The van der Waals surface area contributed by atoms with E-state index in [1.54, 1.807) is 29.7 Å². The second kappa shape index (κ2) is 15.0. The fourth-order valence-electron chi connectivity index (χ4n) is 6.77. The first-order chi connectivity index (χ1) is 27.4. The van der Waals surface area contributed by atoms with E-state index in [1.807, 2.05) is 30.3 Å². The van der Waals surface area contributed by atoms with Crippen LogP contribution in [0.3, 0.4) is 0 Å². The van der Waals surface area contributed by atoms with Crippen molar-refractivity contribution < 1.29 is 38.5 Å². The van der Waals surface area contributed by atoms with Crippen molar-refractivity contribution in [1.29, 1.82) is 0 Å². The van der Waals surface area contributed by atoms with Crippen LogP contribution in [0.1, 0.15) is 46.6 Å². The summed E-state index contributed by atoms with van der Waals surface area (Å²) in [6.07, 6.45) is 3.76. The number of aromatic nitrogens is 6. The lowest BCUT2D eigenvalue weighted by Gasteiger charge is -2.40. The number of fused-ring (bicyclic) bond motifs is 1. The molecule has 0 radical (unpaired) electrons. The lowest BCUT2D eigenvalue weighted by atomic mass is 10.1. The van der Waals surface area contributed by atoms with Crippen LogP contribution in [-0.4, -0.2) is 85.2 Å². The van der Waals surface area contributed by atoms with Gasteiger partial charge in [-0.05, 0) is 49.1 Å². The predicted octanol–water partition coefficient (Wildman–Crippen LogP) is 6.85. The van der Waals surface area contributed by atoms with Crippen LogP contribution < -0.4 is 20.5 Å². The van der Waals surface area contributed by atoms with Gasteiger partial charge in [-0.25, -0.2) is 9.97 Å². The molecule has 14 nitrogen and oxygen atoms in total. The third-order valence-electron chi connectivity index (χ3n) is 9.67. The molecule has 3 aromatic heterocycles. The number of benzene rings is 2. The van der Waals surface area contributed by atoms with Crippen molar-refractivity contribution in [2.45, 2.75) is 44.7 Å². The summed E-state index contributed by atoms with van der Waals surface area (Å²) in [7, 11) is -10.0. The molecule has 308 valence electrons. The monoisotopic (exact) mass is 849 g/mol. The van der Waals surface area contributed by atoms with E-state index in [0.29, 0.717) is 37.1 Å². The topological polar surface area (TPSA) is 149 Å². The number of hydrogen-bond donors (Lipinski definition) is 1. The third-order valence-corrected chi connectivity index (χ3v) is 11.1. The Bertz CT molecular complexity index is 2510. The molecule has 0 atom stereocenters. The zero-order valence-corrected chi connectivity index (χ0v) is 32.7. The fraction of sp³-hybridized carbons (Fsp3) is 0.324. The number of piperazine rings is 1. The van der Waals surface area contributed by atoms with Gasteiger partial charge in [0.25, 0.3) is 11.5 Å². The molecule has 0 unspecified atom stereocenters. The van der Waals surface area contributed by atoms with E-state index in [1.165, 1.54) is 10.9 Å². The van der Waals surface area contributed by atoms with Gasteiger partial charge in [-0.3, -0.25) is 14.4 Å².